The zero-order valence-electron chi connectivity index (χ0n) is 13.9. The average molecular weight is 399 g/mol. The lowest BCUT2D eigenvalue weighted by molar-refractivity contribution is 0.337. The fraction of sp³-hybridized carbons (Fsp3) is 0.200. The van der Waals surface area contributed by atoms with Crippen molar-refractivity contribution in [1.82, 2.24) is 4.98 Å². The van der Waals surface area contributed by atoms with Crippen LogP contribution in [-0.2, 0) is 6.42 Å². The maximum absolute atomic E-state index is 9.94. The lowest BCUT2D eigenvalue weighted by atomic mass is 10.1. The largest absolute Gasteiger partial charge is 0.479 e. The minimum atomic E-state index is -0.235. The molecule has 128 valence electrons. The van der Waals surface area contributed by atoms with Crippen LogP contribution in [0.2, 0.25) is 0 Å². The van der Waals surface area contributed by atoms with Gasteiger partial charge in [0.05, 0.1) is 11.9 Å². The number of unbranched alkanes of at least 4 members (excludes halogenated alkanes) is 1. The smallest absolute Gasteiger partial charge is 0.312 e. The molecule has 1 N–H and O–H groups in total. The summed E-state index contributed by atoms with van der Waals surface area (Å²) in [5.74, 6) is 0.127. The van der Waals surface area contributed by atoms with E-state index in [9.17, 15) is 5.11 Å². The van der Waals surface area contributed by atoms with E-state index >= 15 is 0 Å². The number of aryl methyl sites for hydroxylation is 1. The predicted octanol–water partition coefficient (Wildman–Crippen LogP) is 5.90. The Hall–Kier alpha value is -2.40. The van der Waals surface area contributed by atoms with Crippen molar-refractivity contribution >= 4 is 27.8 Å². The number of aromatic hydroxyl groups is 1. The van der Waals surface area contributed by atoms with Crippen LogP contribution in [0.3, 0.4) is 0 Å². The molecule has 0 saturated heterocycles. The summed E-state index contributed by atoms with van der Waals surface area (Å²) < 4.78 is 6.30. The summed E-state index contributed by atoms with van der Waals surface area (Å²) in [7, 11) is 0. The summed E-state index contributed by atoms with van der Waals surface area (Å²) in [6, 6.07) is 15.6. The standard InChI is InChI=1S/C20H19BrN2O2/c1-2-3-4-14-5-11-17(12-6-14)22-13-18-20(24)25-19(23-18)15-7-9-16(21)10-8-15/h5-13,24H,2-4H2,1H3. The van der Waals surface area contributed by atoms with Gasteiger partial charge in [0.2, 0.25) is 5.89 Å². The van der Waals surface area contributed by atoms with Gasteiger partial charge in [-0.3, -0.25) is 4.99 Å². The summed E-state index contributed by atoms with van der Waals surface area (Å²) in [6.45, 7) is 2.19. The van der Waals surface area contributed by atoms with Crippen molar-refractivity contribution in [2.75, 3.05) is 0 Å². The van der Waals surface area contributed by atoms with Crippen LogP contribution in [0.5, 0.6) is 5.95 Å². The average Bonchev–Trinajstić information content (AvgIpc) is 3.00. The summed E-state index contributed by atoms with van der Waals surface area (Å²) in [5, 5.41) is 9.94. The van der Waals surface area contributed by atoms with Crippen LogP contribution in [0.1, 0.15) is 31.0 Å². The maximum Gasteiger partial charge on any atom is 0.312 e. The van der Waals surface area contributed by atoms with Crippen molar-refractivity contribution in [3.8, 4) is 17.4 Å². The molecular formula is C20H19BrN2O2. The summed E-state index contributed by atoms with van der Waals surface area (Å²) in [6.07, 6.45) is 4.98. The van der Waals surface area contributed by atoms with Gasteiger partial charge in [-0.25, -0.2) is 4.98 Å². The molecule has 3 aromatic rings. The highest BCUT2D eigenvalue weighted by atomic mass is 79.9. The van der Waals surface area contributed by atoms with Gasteiger partial charge in [0.25, 0.3) is 0 Å². The van der Waals surface area contributed by atoms with Crippen LogP contribution < -0.4 is 0 Å². The van der Waals surface area contributed by atoms with Crippen LogP contribution >= 0.6 is 15.9 Å². The molecule has 0 amide bonds. The number of benzene rings is 2. The van der Waals surface area contributed by atoms with E-state index in [1.165, 1.54) is 24.6 Å². The molecule has 0 saturated carbocycles. The summed E-state index contributed by atoms with van der Waals surface area (Å²) in [5.41, 5.74) is 3.22. The minimum absolute atomic E-state index is 0.235. The molecule has 4 nitrogen and oxygen atoms in total. The quantitative estimate of drug-likeness (QED) is 0.525. The molecule has 0 fully saturated rings. The van der Waals surface area contributed by atoms with Crippen molar-refractivity contribution in [3.05, 3.63) is 64.3 Å². The molecule has 0 spiro atoms. The van der Waals surface area contributed by atoms with Crippen molar-refractivity contribution in [2.24, 2.45) is 4.99 Å². The van der Waals surface area contributed by atoms with Gasteiger partial charge < -0.3 is 9.52 Å². The third-order valence-corrected chi connectivity index (χ3v) is 4.35. The first-order chi connectivity index (χ1) is 12.2. The van der Waals surface area contributed by atoms with Gasteiger partial charge >= 0.3 is 5.95 Å². The minimum Gasteiger partial charge on any atom is -0.479 e. The second-order valence-electron chi connectivity index (χ2n) is 5.74. The molecule has 0 radical (unpaired) electrons. The Balaban J connectivity index is 1.74. The fourth-order valence-corrected chi connectivity index (χ4v) is 2.65. The van der Waals surface area contributed by atoms with Gasteiger partial charge in [0, 0.05) is 10.0 Å². The number of aliphatic imine (C=N–C) groups is 1. The van der Waals surface area contributed by atoms with E-state index in [2.05, 4.69) is 45.0 Å². The second kappa shape index (κ2) is 8.12. The van der Waals surface area contributed by atoms with Crippen LogP contribution in [-0.4, -0.2) is 16.3 Å². The van der Waals surface area contributed by atoms with E-state index in [1.54, 1.807) is 0 Å². The first kappa shape index (κ1) is 17.4. The van der Waals surface area contributed by atoms with Crippen molar-refractivity contribution in [3.63, 3.8) is 0 Å². The molecule has 0 aliphatic heterocycles. The Morgan fingerprint density at radius 2 is 1.84 bits per heavy atom. The van der Waals surface area contributed by atoms with E-state index in [0.29, 0.717) is 11.6 Å². The van der Waals surface area contributed by atoms with Crippen molar-refractivity contribution in [2.45, 2.75) is 26.2 Å². The van der Waals surface area contributed by atoms with Crippen LogP contribution in [0.15, 0.2) is 62.4 Å². The zero-order valence-corrected chi connectivity index (χ0v) is 15.5. The molecular weight excluding hydrogens is 380 g/mol. The zero-order chi connectivity index (χ0) is 17.6. The van der Waals surface area contributed by atoms with Gasteiger partial charge in [-0.05, 0) is 54.8 Å². The number of oxazole rings is 1. The van der Waals surface area contributed by atoms with Gasteiger partial charge in [-0.15, -0.1) is 0 Å². The molecule has 1 heterocycles. The molecule has 0 aliphatic rings. The highest BCUT2D eigenvalue weighted by Crippen LogP contribution is 2.27. The van der Waals surface area contributed by atoms with E-state index < -0.39 is 0 Å². The normalized spacial score (nSPS) is 11.3. The van der Waals surface area contributed by atoms with Crippen molar-refractivity contribution < 1.29 is 9.52 Å². The van der Waals surface area contributed by atoms with E-state index in [-0.39, 0.29) is 5.95 Å². The molecule has 5 heteroatoms. The first-order valence-corrected chi connectivity index (χ1v) is 9.03. The van der Waals surface area contributed by atoms with Crippen LogP contribution in [0.25, 0.3) is 11.5 Å². The fourth-order valence-electron chi connectivity index (χ4n) is 2.39. The van der Waals surface area contributed by atoms with E-state index in [1.807, 2.05) is 36.4 Å². The van der Waals surface area contributed by atoms with E-state index in [4.69, 9.17) is 4.42 Å². The summed E-state index contributed by atoms with van der Waals surface area (Å²) in [4.78, 5) is 8.67. The molecule has 0 unspecified atom stereocenters. The molecule has 3 rings (SSSR count). The number of hydrogen-bond donors (Lipinski definition) is 1. The lowest BCUT2D eigenvalue weighted by Gasteiger charge is -1.99. The monoisotopic (exact) mass is 398 g/mol. The highest BCUT2D eigenvalue weighted by molar-refractivity contribution is 9.10. The molecule has 1 aromatic heterocycles. The topological polar surface area (TPSA) is 58.6 Å². The summed E-state index contributed by atoms with van der Waals surface area (Å²) >= 11 is 3.39. The SMILES string of the molecule is CCCCc1ccc(N=Cc2nc(-c3ccc(Br)cc3)oc2O)cc1. The number of nitrogens with zero attached hydrogens (tertiary/aromatic N) is 2. The maximum atomic E-state index is 9.94. The number of halogens is 1. The molecule has 0 aliphatic carbocycles. The Kier molecular flexibility index (Phi) is 5.66. The van der Waals surface area contributed by atoms with Gasteiger partial charge in [0.1, 0.15) is 0 Å². The Morgan fingerprint density at radius 1 is 1.12 bits per heavy atom. The second-order valence-corrected chi connectivity index (χ2v) is 6.66. The lowest BCUT2D eigenvalue weighted by Crippen LogP contribution is -1.84. The van der Waals surface area contributed by atoms with Crippen molar-refractivity contribution in [1.29, 1.82) is 0 Å². The molecule has 2 aromatic carbocycles. The van der Waals surface area contributed by atoms with Gasteiger partial charge in [-0.2, -0.15) is 0 Å². The third-order valence-electron chi connectivity index (χ3n) is 3.82. The first-order valence-electron chi connectivity index (χ1n) is 8.24. The highest BCUT2D eigenvalue weighted by Gasteiger charge is 2.12. The predicted molar refractivity (Wildman–Crippen MR) is 104 cm³/mol. The molecule has 0 atom stereocenters. The number of rotatable bonds is 6. The third kappa shape index (κ3) is 4.57. The molecule has 25 heavy (non-hydrogen) atoms. The Labute approximate surface area is 155 Å². The Morgan fingerprint density at radius 3 is 2.52 bits per heavy atom. The van der Waals surface area contributed by atoms with Gasteiger partial charge in [0.15, 0.2) is 5.69 Å². The van der Waals surface area contributed by atoms with Crippen LogP contribution in [0, 0.1) is 0 Å². The number of aromatic nitrogens is 1. The Bertz CT molecular complexity index is 852. The van der Waals surface area contributed by atoms with Gasteiger partial charge in [-0.1, -0.05) is 41.4 Å². The van der Waals surface area contributed by atoms with Crippen LogP contribution in [0.4, 0.5) is 5.69 Å². The number of hydrogen-bond acceptors (Lipinski definition) is 4. The molecule has 0 bridgehead atoms. The van der Waals surface area contributed by atoms with E-state index in [0.717, 1.165) is 22.1 Å².